The standard InChI is InChI=1S/C36H38N3O8PS/c1-23(2)21-29(34(42)43)37-33(41)28(19-13-24-9-5-4-6-10-24)36(45,48-46)22-49-31-20-18-25-11-7-8-12-30(25)39(31)38-32(40)26-14-16-27(17-15-26)35(44)47-3/h4-12,14-18,20,23,28-29,45H,13,19,21-22H2,1-3H3,(H2-,37,38,40,41,42,43)/p+1/t28?,29-,36?/m0/s1. The number of methoxy groups -OCH3 is 1. The molecule has 4 N–H and O–H groups in total. The summed E-state index contributed by atoms with van der Waals surface area (Å²) in [4.78, 5) is 51.0. The molecule has 1 aromatic heterocycles. The molecule has 0 radical (unpaired) electrons. The third-order valence-electron chi connectivity index (χ3n) is 7.94. The van der Waals surface area contributed by atoms with Crippen LogP contribution in [0.15, 0.2) is 96.0 Å². The second-order valence-corrected chi connectivity index (χ2v) is 13.9. The summed E-state index contributed by atoms with van der Waals surface area (Å²) >= 11 is 1.08. The first kappa shape index (κ1) is 37.2. The molecule has 0 saturated heterocycles. The van der Waals surface area contributed by atoms with E-state index in [1.165, 1.54) is 31.4 Å². The lowest BCUT2D eigenvalue weighted by molar-refractivity contribution is -0.653. The number of nitrogens with zero attached hydrogens (tertiary/aromatic N) is 1. The van der Waals surface area contributed by atoms with Crippen LogP contribution in [-0.2, 0) is 25.3 Å². The van der Waals surface area contributed by atoms with Crippen molar-refractivity contribution in [1.29, 1.82) is 0 Å². The number of pyridine rings is 1. The van der Waals surface area contributed by atoms with Crippen molar-refractivity contribution in [2.45, 2.75) is 49.5 Å². The number of nitrogens with one attached hydrogen (secondary N) is 2. The molecule has 4 rings (SSSR count). The van der Waals surface area contributed by atoms with Gasteiger partial charge in [0.05, 0.1) is 18.6 Å². The van der Waals surface area contributed by atoms with Crippen molar-refractivity contribution < 1.29 is 43.4 Å². The molecule has 0 bridgehead atoms. The number of para-hydroxylation sites is 1. The predicted molar refractivity (Wildman–Crippen MR) is 186 cm³/mol. The van der Waals surface area contributed by atoms with Crippen LogP contribution < -0.4 is 15.4 Å². The average molecular weight is 705 g/mol. The van der Waals surface area contributed by atoms with Crippen molar-refractivity contribution in [3.63, 3.8) is 0 Å². The second-order valence-electron chi connectivity index (χ2n) is 11.9. The van der Waals surface area contributed by atoms with E-state index in [2.05, 4.69) is 10.7 Å². The fraction of sp³-hybridized carbons (Fsp3) is 0.306. The number of ether oxygens (including phenoxy) is 1. The van der Waals surface area contributed by atoms with Gasteiger partial charge >= 0.3 is 17.8 Å². The molecule has 49 heavy (non-hydrogen) atoms. The Hall–Kier alpha value is -4.64. The number of fused-ring (bicyclic) bond motifs is 1. The number of aliphatic hydroxyl groups is 1. The summed E-state index contributed by atoms with van der Waals surface area (Å²) in [6.45, 7) is 3.68. The van der Waals surface area contributed by atoms with E-state index in [1.54, 1.807) is 22.9 Å². The minimum atomic E-state index is -2.11. The lowest BCUT2D eigenvalue weighted by Gasteiger charge is -2.30. The molecule has 13 heteroatoms. The van der Waals surface area contributed by atoms with E-state index in [0.29, 0.717) is 17.0 Å². The number of esters is 1. The van der Waals surface area contributed by atoms with Gasteiger partial charge in [0.25, 0.3) is 5.03 Å². The molecule has 0 spiro atoms. The first-order valence-electron chi connectivity index (χ1n) is 15.7. The van der Waals surface area contributed by atoms with Gasteiger partial charge in [-0.3, -0.25) is 14.2 Å². The number of amides is 2. The number of aromatic nitrogens is 1. The number of aryl methyl sites for hydroxylation is 1. The molecule has 11 nitrogen and oxygen atoms in total. The number of hydrogen-bond donors (Lipinski definition) is 4. The van der Waals surface area contributed by atoms with Crippen molar-refractivity contribution in [2.24, 2.45) is 11.8 Å². The maximum atomic E-state index is 13.7. The molecule has 2 unspecified atom stereocenters. The molecule has 0 saturated carbocycles. The van der Waals surface area contributed by atoms with Gasteiger partial charge < -0.3 is 20.3 Å². The predicted octanol–water partition coefficient (Wildman–Crippen LogP) is 5.23. The lowest BCUT2D eigenvalue weighted by atomic mass is 9.92. The third-order valence-corrected chi connectivity index (χ3v) is 10.1. The normalized spacial score (nSPS) is 13.7. The summed E-state index contributed by atoms with van der Waals surface area (Å²) in [5.41, 5.74) is 4.96. The van der Waals surface area contributed by atoms with E-state index in [9.17, 15) is 34.0 Å². The van der Waals surface area contributed by atoms with Gasteiger partial charge in [-0.15, -0.1) is 5.43 Å². The van der Waals surface area contributed by atoms with Crippen LogP contribution in [0.1, 0.15) is 53.0 Å². The van der Waals surface area contributed by atoms with Gasteiger partial charge in [0.1, 0.15) is 6.04 Å². The molecule has 3 atom stereocenters. The number of rotatable bonds is 16. The number of carboxylic acids is 1. The van der Waals surface area contributed by atoms with Gasteiger partial charge in [-0.05, 0) is 67.1 Å². The Morgan fingerprint density at radius 3 is 2.20 bits per heavy atom. The number of aliphatic carboxylic acids is 1. The number of hydrogen-bond acceptors (Lipinski definition) is 8. The highest BCUT2D eigenvalue weighted by atomic mass is 32.2. The van der Waals surface area contributed by atoms with Crippen LogP contribution in [0, 0.1) is 11.8 Å². The zero-order valence-electron chi connectivity index (χ0n) is 27.4. The van der Waals surface area contributed by atoms with Crippen molar-refractivity contribution >= 4 is 54.9 Å². The Bertz CT molecular complexity index is 1810. The van der Waals surface area contributed by atoms with Crippen LogP contribution in [0.5, 0.6) is 0 Å². The van der Waals surface area contributed by atoms with Crippen LogP contribution >= 0.6 is 20.2 Å². The molecule has 1 heterocycles. The smallest absolute Gasteiger partial charge is 0.337 e. The van der Waals surface area contributed by atoms with E-state index < -0.39 is 49.5 Å². The maximum absolute atomic E-state index is 13.7. The summed E-state index contributed by atoms with van der Waals surface area (Å²) in [6, 6.07) is 25.0. The molecule has 256 valence electrons. The Morgan fingerprint density at radius 2 is 1.57 bits per heavy atom. The zero-order valence-corrected chi connectivity index (χ0v) is 29.1. The van der Waals surface area contributed by atoms with Crippen molar-refractivity contribution in [1.82, 2.24) is 5.32 Å². The number of carbonyl (C=O) groups excluding carboxylic acids is 3. The third kappa shape index (κ3) is 9.72. The van der Waals surface area contributed by atoms with Crippen molar-refractivity contribution in [2.75, 3.05) is 18.3 Å². The van der Waals surface area contributed by atoms with Gasteiger partial charge in [-0.2, -0.15) is 0 Å². The molecule has 2 amide bonds. The molecule has 0 aliphatic rings. The first-order chi connectivity index (χ1) is 23.4. The minimum absolute atomic E-state index is 0.0272. The SMILES string of the molecule is COC(=O)c1ccc(C(=O)N[n+]2c(SCC(O)(P=O)C(CCc3ccccc3)C(=O)N[C@@H](CC(C)C)C(=O)O)ccc3ccccc32)cc1. The van der Waals surface area contributed by atoms with Crippen molar-refractivity contribution in [3.05, 3.63) is 108 Å². The summed E-state index contributed by atoms with van der Waals surface area (Å²) in [7, 11) is 0.544. The first-order valence-corrected chi connectivity index (χ1v) is 17.5. The number of benzene rings is 3. The number of thioether (sulfide) groups is 1. The van der Waals surface area contributed by atoms with E-state index in [1.807, 2.05) is 62.4 Å². The van der Waals surface area contributed by atoms with E-state index in [-0.39, 0.29) is 35.6 Å². The molecule has 4 aromatic rings. The molecule has 0 fully saturated rings. The monoisotopic (exact) mass is 704 g/mol. The molecular formula is C36H39N3O8PS+. The Morgan fingerprint density at radius 1 is 0.918 bits per heavy atom. The van der Waals surface area contributed by atoms with Crippen LogP contribution in [-0.4, -0.2) is 58.2 Å². The Kier molecular flexibility index (Phi) is 13.0. The summed E-state index contributed by atoms with van der Waals surface area (Å²) in [5.74, 6) is -4.45. The summed E-state index contributed by atoms with van der Waals surface area (Å²) in [6.07, 6.45) is 0.632. The van der Waals surface area contributed by atoms with Gasteiger partial charge in [0.2, 0.25) is 11.4 Å². The zero-order chi connectivity index (χ0) is 35.6. The van der Waals surface area contributed by atoms with E-state index in [0.717, 1.165) is 22.7 Å². The second kappa shape index (κ2) is 17.1. The van der Waals surface area contributed by atoms with Crippen molar-refractivity contribution in [3.8, 4) is 0 Å². The molecule has 0 aliphatic heterocycles. The van der Waals surface area contributed by atoms with Gasteiger partial charge in [-0.1, -0.05) is 72.8 Å². The van der Waals surface area contributed by atoms with E-state index >= 15 is 0 Å². The maximum Gasteiger partial charge on any atom is 0.337 e. The number of carbonyl (C=O) groups is 4. The van der Waals surface area contributed by atoms with Crippen LogP contribution in [0.2, 0.25) is 0 Å². The van der Waals surface area contributed by atoms with E-state index in [4.69, 9.17) is 4.74 Å². The minimum Gasteiger partial charge on any atom is -0.480 e. The topological polar surface area (TPSA) is 163 Å². The average Bonchev–Trinajstić information content (AvgIpc) is 3.10. The highest BCUT2D eigenvalue weighted by molar-refractivity contribution is 7.99. The lowest BCUT2D eigenvalue weighted by Crippen LogP contribution is -2.52. The fourth-order valence-electron chi connectivity index (χ4n) is 5.32. The highest BCUT2D eigenvalue weighted by Gasteiger charge is 2.44. The van der Waals surface area contributed by atoms with Crippen LogP contribution in [0.4, 0.5) is 0 Å². The Labute approximate surface area is 290 Å². The molecule has 3 aromatic carbocycles. The van der Waals surface area contributed by atoms with Gasteiger partial charge in [-0.25, -0.2) is 9.59 Å². The van der Waals surface area contributed by atoms with Crippen LogP contribution in [0.3, 0.4) is 0 Å². The highest BCUT2D eigenvalue weighted by Crippen LogP contribution is 2.38. The van der Waals surface area contributed by atoms with Gasteiger partial charge in [0, 0.05) is 28.8 Å². The molecular weight excluding hydrogens is 665 g/mol. The van der Waals surface area contributed by atoms with Gasteiger partial charge in [0.15, 0.2) is 13.8 Å². The quantitative estimate of drug-likeness (QED) is 0.0529. The van der Waals surface area contributed by atoms with Crippen LogP contribution in [0.25, 0.3) is 10.9 Å². The summed E-state index contributed by atoms with van der Waals surface area (Å²) < 4.78 is 19.1. The fourth-order valence-corrected chi connectivity index (χ4v) is 7.10. The Balaban J connectivity index is 1.64. The molecule has 0 aliphatic carbocycles. The summed E-state index contributed by atoms with van der Waals surface area (Å²) in [5, 5.41) is 23.4. The largest absolute Gasteiger partial charge is 0.480 e. The number of carboxylic acid groups (broad SMARTS) is 1.